The normalized spacial score (nSPS) is 9.73. The molecule has 0 saturated carbocycles. The van der Waals surface area contributed by atoms with E-state index < -0.39 is 11.7 Å². The van der Waals surface area contributed by atoms with Gasteiger partial charge >= 0.3 is 0 Å². The van der Waals surface area contributed by atoms with Crippen molar-refractivity contribution < 1.29 is 9.18 Å². The molecule has 0 aliphatic carbocycles. The molecular formula is C9H8BrFN2OS. The Morgan fingerprint density at radius 1 is 1.60 bits per heavy atom. The van der Waals surface area contributed by atoms with E-state index in [0.717, 1.165) is 0 Å². The Morgan fingerprint density at radius 2 is 2.27 bits per heavy atom. The zero-order valence-corrected chi connectivity index (χ0v) is 9.99. The summed E-state index contributed by atoms with van der Waals surface area (Å²) in [7, 11) is 0. The van der Waals surface area contributed by atoms with Gasteiger partial charge in [-0.25, -0.2) is 4.39 Å². The monoisotopic (exact) mass is 290 g/mol. The van der Waals surface area contributed by atoms with Crippen LogP contribution in [0.4, 0.5) is 4.39 Å². The van der Waals surface area contributed by atoms with Gasteiger partial charge in [0.05, 0.1) is 17.1 Å². The Bertz CT molecular complexity index is 391. The van der Waals surface area contributed by atoms with Crippen molar-refractivity contribution in [2.45, 2.75) is 0 Å². The minimum absolute atomic E-state index is 0.0475. The van der Waals surface area contributed by atoms with E-state index in [-0.39, 0.29) is 17.1 Å². The topological polar surface area (TPSA) is 55.1 Å². The Morgan fingerprint density at radius 3 is 2.80 bits per heavy atom. The average molecular weight is 291 g/mol. The Labute approximate surface area is 100.0 Å². The molecule has 0 heterocycles. The predicted molar refractivity (Wildman–Crippen MR) is 63.2 cm³/mol. The number of carbonyl (C=O) groups excluding carboxylic acids is 1. The molecule has 1 aromatic rings. The second kappa shape index (κ2) is 5.18. The van der Waals surface area contributed by atoms with Crippen LogP contribution in [-0.2, 0) is 0 Å². The molecule has 0 aliphatic rings. The van der Waals surface area contributed by atoms with Crippen molar-refractivity contribution >= 4 is 39.0 Å². The maximum atomic E-state index is 13.3. The highest BCUT2D eigenvalue weighted by Gasteiger charge is 2.14. The van der Waals surface area contributed by atoms with Gasteiger partial charge in [-0.2, -0.15) is 0 Å². The molecule has 6 heteroatoms. The fraction of sp³-hybridized carbons (Fsp3) is 0.111. The third-order valence-corrected chi connectivity index (χ3v) is 2.42. The first-order chi connectivity index (χ1) is 7.02. The van der Waals surface area contributed by atoms with Crippen molar-refractivity contribution in [3.05, 3.63) is 34.1 Å². The molecule has 0 aliphatic heterocycles. The Kier molecular flexibility index (Phi) is 4.16. The lowest BCUT2D eigenvalue weighted by Crippen LogP contribution is -2.32. The van der Waals surface area contributed by atoms with E-state index in [2.05, 4.69) is 33.5 Å². The molecule has 3 nitrogen and oxygen atoms in total. The van der Waals surface area contributed by atoms with E-state index >= 15 is 0 Å². The second-order valence-corrected chi connectivity index (χ2v) is 4.12. The molecule has 0 saturated heterocycles. The summed E-state index contributed by atoms with van der Waals surface area (Å²) in [5, 5.41) is 2.40. The quantitative estimate of drug-likeness (QED) is 0.832. The summed E-state index contributed by atoms with van der Waals surface area (Å²) in [5.41, 5.74) is 5.16. The fourth-order valence-electron chi connectivity index (χ4n) is 0.971. The van der Waals surface area contributed by atoms with Crippen LogP contribution in [0.1, 0.15) is 10.4 Å². The summed E-state index contributed by atoms with van der Waals surface area (Å²) >= 11 is 7.68. The van der Waals surface area contributed by atoms with Gasteiger partial charge in [0.25, 0.3) is 5.91 Å². The smallest absolute Gasteiger partial charge is 0.255 e. The highest BCUT2D eigenvalue weighted by atomic mass is 79.9. The summed E-state index contributed by atoms with van der Waals surface area (Å²) in [6.07, 6.45) is 0. The third-order valence-electron chi connectivity index (χ3n) is 1.61. The number of hydrogen-bond acceptors (Lipinski definition) is 2. The molecule has 1 amide bonds. The van der Waals surface area contributed by atoms with Crippen molar-refractivity contribution in [2.24, 2.45) is 5.73 Å². The molecule has 0 bridgehead atoms. The van der Waals surface area contributed by atoms with Crippen LogP contribution >= 0.6 is 28.1 Å². The van der Waals surface area contributed by atoms with Crippen molar-refractivity contribution in [3.8, 4) is 0 Å². The lowest BCUT2D eigenvalue weighted by Gasteiger charge is -2.06. The third kappa shape index (κ3) is 3.24. The van der Waals surface area contributed by atoms with E-state index in [1.165, 1.54) is 12.1 Å². The number of rotatable bonds is 3. The van der Waals surface area contributed by atoms with Gasteiger partial charge in [-0.3, -0.25) is 4.79 Å². The Balaban J connectivity index is 2.86. The van der Waals surface area contributed by atoms with Crippen LogP contribution in [-0.4, -0.2) is 17.4 Å². The van der Waals surface area contributed by atoms with Gasteiger partial charge in [0.2, 0.25) is 0 Å². The number of carbonyl (C=O) groups is 1. The van der Waals surface area contributed by atoms with E-state index in [1.54, 1.807) is 6.07 Å². The lowest BCUT2D eigenvalue weighted by molar-refractivity contribution is 0.0954. The summed E-state index contributed by atoms with van der Waals surface area (Å²) < 4.78 is 13.7. The summed E-state index contributed by atoms with van der Waals surface area (Å²) in [5.74, 6) is -1.14. The van der Waals surface area contributed by atoms with Crippen LogP contribution in [0, 0.1) is 5.82 Å². The molecule has 1 aromatic carbocycles. The number of benzene rings is 1. The van der Waals surface area contributed by atoms with E-state index in [1.807, 2.05) is 0 Å². The molecule has 0 radical (unpaired) electrons. The maximum Gasteiger partial charge on any atom is 0.255 e. The van der Waals surface area contributed by atoms with Gasteiger partial charge < -0.3 is 11.1 Å². The van der Waals surface area contributed by atoms with Crippen LogP contribution in [0.15, 0.2) is 22.7 Å². The summed E-state index contributed by atoms with van der Waals surface area (Å²) in [6.45, 7) is 0.0505. The average Bonchev–Trinajstić information content (AvgIpc) is 2.14. The number of halogens is 2. The molecule has 1 rings (SSSR count). The van der Waals surface area contributed by atoms with Crippen LogP contribution in [0.3, 0.4) is 0 Å². The lowest BCUT2D eigenvalue weighted by atomic mass is 10.2. The molecular weight excluding hydrogens is 283 g/mol. The van der Waals surface area contributed by atoms with Crippen molar-refractivity contribution in [2.75, 3.05) is 6.54 Å². The zero-order valence-electron chi connectivity index (χ0n) is 7.59. The molecule has 0 spiro atoms. The number of nitrogens with two attached hydrogens (primary N) is 1. The molecule has 0 unspecified atom stereocenters. The molecule has 0 fully saturated rings. The SMILES string of the molecule is NC(=S)CNC(=O)c1c(F)cccc1Br. The predicted octanol–water partition coefficient (Wildman–Crippen LogP) is 1.60. The standard InChI is InChI=1S/C9H8BrFN2OS/c10-5-2-1-3-6(11)8(5)9(14)13-4-7(12)15/h1-3H,4H2,(H2,12,15)(H,13,14). The first-order valence-electron chi connectivity index (χ1n) is 4.03. The van der Waals surface area contributed by atoms with Crippen LogP contribution in [0.5, 0.6) is 0 Å². The van der Waals surface area contributed by atoms with E-state index in [9.17, 15) is 9.18 Å². The highest BCUT2D eigenvalue weighted by molar-refractivity contribution is 9.10. The van der Waals surface area contributed by atoms with Gasteiger partial charge in [-0.15, -0.1) is 0 Å². The minimum Gasteiger partial charge on any atom is -0.392 e. The van der Waals surface area contributed by atoms with E-state index in [4.69, 9.17) is 5.73 Å². The molecule has 80 valence electrons. The van der Waals surface area contributed by atoms with Crippen molar-refractivity contribution in [1.82, 2.24) is 5.32 Å². The Hall–Kier alpha value is -1.01. The van der Waals surface area contributed by atoms with Crippen molar-refractivity contribution in [1.29, 1.82) is 0 Å². The highest BCUT2D eigenvalue weighted by Crippen LogP contribution is 2.19. The van der Waals surface area contributed by atoms with Crippen LogP contribution < -0.4 is 11.1 Å². The van der Waals surface area contributed by atoms with Gasteiger partial charge in [-0.1, -0.05) is 18.3 Å². The van der Waals surface area contributed by atoms with Crippen molar-refractivity contribution in [3.63, 3.8) is 0 Å². The van der Waals surface area contributed by atoms with Gasteiger partial charge in [0.1, 0.15) is 5.82 Å². The number of hydrogen-bond donors (Lipinski definition) is 2. The number of nitrogens with one attached hydrogen (secondary N) is 1. The van der Waals surface area contributed by atoms with Gasteiger partial charge in [-0.05, 0) is 28.1 Å². The van der Waals surface area contributed by atoms with Crippen LogP contribution in [0.2, 0.25) is 0 Å². The number of amides is 1. The fourth-order valence-corrected chi connectivity index (χ4v) is 1.56. The largest absolute Gasteiger partial charge is 0.392 e. The minimum atomic E-state index is -0.593. The number of thiocarbonyl (C=S) groups is 1. The molecule has 15 heavy (non-hydrogen) atoms. The van der Waals surface area contributed by atoms with Gasteiger partial charge in [0, 0.05) is 4.47 Å². The zero-order chi connectivity index (χ0) is 11.4. The molecule has 0 aromatic heterocycles. The first kappa shape index (κ1) is 12.1. The van der Waals surface area contributed by atoms with E-state index in [0.29, 0.717) is 4.47 Å². The first-order valence-corrected chi connectivity index (χ1v) is 5.23. The van der Waals surface area contributed by atoms with Crippen LogP contribution in [0.25, 0.3) is 0 Å². The summed E-state index contributed by atoms with van der Waals surface area (Å²) in [6, 6.07) is 4.29. The molecule has 0 atom stereocenters. The maximum absolute atomic E-state index is 13.3. The summed E-state index contributed by atoms with van der Waals surface area (Å²) in [4.78, 5) is 11.6. The van der Waals surface area contributed by atoms with Gasteiger partial charge in [0.15, 0.2) is 0 Å². The second-order valence-electron chi connectivity index (χ2n) is 2.75. The molecule has 3 N–H and O–H groups in total.